The average molecular weight is 432 g/mol. The number of ether oxygens (including phenoxy) is 1. The van der Waals surface area contributed by atoms with Crippen LogP contribution in [0.5, 0.6) is 0 Å². The van der Waals surface area contributed by atoms with Crippen LogP contribution in [0.4, 0.5) is 0 Å². The lowest BCUT2D eigenvalue weighted by atomic mass is 9.90. The highest BCUT2D eigenvalue weighted by Crippen LogP contribution is 2.19. The number of methoxy groups -OCH3 is 1. The van der Waals surface area contributed by atoms with Gasteiger partial charge in [0.2, 0.25) is 5.91 Å². The second-order valence-electron chi connectivity index (χ2n) is 9.39. The Labute approximate surface area is 188 Å². The van der Waals surface area contributed by atoms with Crippen LogP contribution in [-0.2, 0) is 16.1 Å². The number of benzene rings is 1. The van der Waals surface area contributed by atoms with Gasteiger partial charge in [-0.05, 0) is 30.2 Å². The molecule has 2 N–H and O–H groups in total. The molecule has 0 unspecified atom stereocenters. The van der Waals surface area contributed by atoms with Gasteiger partial charge in [-0.2, -0.15) is 0 Å². The van der Waals surface area contributed by atoms with Gasteiger partial charge in [0.15, 0.2) is 5.96 Å². The van der Waals surface area contributed by atoms with Crippen LogP contribution >= 0.6 is 0 Å². The number of aliphatic imine (C=N–C) groups is 1. The highest BCUT2D eigenvalue weighted by molar-refractivity contribution is 5.85. The number of hydrogen-bond donors (Lipinski definition) is 2. The SMILES string of the molecule is COCCC(C)(C)CNC(=NCC(=O)N(C)C)NC1CCN(Cc2ccccc2)CC1. The van der Waals surface area contributed by atoms with Crippen LogP contribution in [0.3, 0.4) is 0 Å². The molecule has 1 aromatic rings. The van der Waals surface area contributed by atoms with Crippen molar-refractivity contribution >= 4 is 11.9 Å². The van der Waals surface area contributed by atoms with E-state index < -0.39 is 0 Å². The molecule has 1 aliphatic heterocycles. The summed E-state index contributed by atoms with van der Waals surface area (Å²) < 4.78 is 5.24. The van der Waals surface area contributed by atoms with E-state index in [0.29, 0.717) is 6.04 Å². The van der Waals surface area contributed by atoms with Gasteiger partial charge >= 0.3 is 0 Å². The number of nitrogens with one attached hydrogen (secondary N) is 2. The normalized spacial score (nSPS) is 16.2. The minimum atomic E-state index is -0.00239. The monoisotopic (exact) mass is 431 g/mol. The quantitative estimate of drug-likeness (QED) is 0.440. The van der Waals surface area contributed by atoms with Crippen molar-refractivity contribution < 1.29 is 9.53 Å². The van der Waals surface area contributed by atoms with E-state index in [4.69, 9.17) is 4.74 Å². The van der Waals surface area contributed by atoms with Crippen molar-refractivity contribution in [3.8, 4) is 0 Å². The van der Waals surface area contributed by atoms with E-state index in [1.165, 1.54) is 5.56 Å². The van der Waals surface area contributed by atoms with E-state index in [2.05, 4.69) is 64.7 Å². The fraction of sp³-hybridized carbons (Fsp3) is 0.667. The maximum absolute atomic E-state index is 12.0. The molecule has 0 atom stereocenters. The summed E-state index contributed by atoms with van der Waals surface area (Å²) in [5.74, 6) is 0.722. The van der Waals surface area contributed by atoms with Crippen LogP contribution in [0.15, 0.2) is 35.3 Å². The molecule has 1 saturated heterocycles. The smallest absolute Gasteiger partial charge is 0.243 e. The summed E-state index contributed by atoms with van der Waals surface area (Å²) in [7, 11) is 5.25. The Morgan fingerprint density at radius 3 is 2.52 bits per heavy atom. The van der Waals surface area contributed by atoms with E-state index >= 15 is 0 Å². The molecule has 0 radical (unpaired) electrons. The number of rotatable bonds is 10. The molecule has 2 rings (SSSR count). The second-order valence-corrected chi connectivity index (χ2v) is 9.39. The van der Waals surface area contributed by atoms with E-state index in [1.54, 1.807) is 26.1 Å². The lowest BCUT2D eigenvalue weighted by Crippen LogP contribution is -2.50. The number of likely N-dealkylation sites (N-methyl/N-ethyl adjacent to an activating group) is 1. The average Bonchev–Trinajstić information content (AvgIpc) is 2.76. The topological polar surface area (TPSA) is 69.2 Å². The van der Waals surface area contributed by atoms with Gasteiger partial charge in [0, 0.05) is 60.0 Å². The molecule has 1 heterocycles. The maximum atomic E-state index is 12.0. The molecule has 31 heavy (non-hydrogen) atoms. The summed E-state index contributed by atoms with van der Waals surface area (Å²) in [5, 5.41) is 7.03. The number of carbonyl (C=O) groups excluding carboxylic acids is 1. The Morgan fingerprint density at radius 1 is 1.23 bits per heavy atom. The van der Waals surface area contributed by atoms with Gasteiger partial charge in [-0.3, -0.25) is 9.69 Å². The maximum Gasteiger partial charge on any atom is 0.243 e. The summed E-state index contributed by atoms with van der Waals surface area (Å²) in [4.78, 5) is 20.7. The lowest BCUT2D eigenvalue weighted by molar-refractivity contribution is -0.127. The van der Waals surface area contributed by atoms with E-state index in [-0.39, 0.29) is 17.9 Å². The number of piperidine rings is 1. The minimum Gasteiger partial charge on any atom is -0.385 e. The van der Waals surface area contributed by atoms with Gasteiger partial charge in [-0.15, -0.1) is 0 Å². The van der Waals surface area contributed by atoms with Crippen LogP contribution in [0.25, 0.3) is 0 Å². The number of guanidine groups is 1. The first-order valence-corrected chi connectivity index (χ1v) is 11.3. The number of amides is 1. The Morgan fingerprint density at radius 2 is 1.90 bits per heavy atom. The lowest BCUT2D eigenvalue weighted by Gasteiger charge is -2.34. The summed E-state index contributed by atoms with van der Waals surface area (Å²) >= 11 is 0. The third-order valence-corrected chi connectivity index (χ3v) is 5.77. The largest absolute Gasteiger partial charge is 0.385 e. The van der Waals surface area contributed by atoms with Crippen molar-refractivity contribution in [1.82, 2.24) is 20.4 Å². The highest BCUT2D eigenvalue weighted by Gasteiger charge is 2.22. The van der Waals surface area contributed by atoms with Crippen LogP contribution in [0, 0.1) is 5.41 Å². The fourth-order valence-electron chi connectivity index (χ4n) is 3.50. The van der Waals surface area contributed by atoms with Gasteiger partial charge in [0.05, 0.1) is 0 Å². The summed E-state index contributed by atoms with van der Waals surface area (Å²) in [5.41, 5.74) is 1.43. The van der Waals surface area contributed by atoms with E-state index in [0.717, 1.165) is 58.0 Å². The third kappa shape index (κ3) is 9.70. The zero-order chi connectivity index (χ0) is 22.7. The molecule has 1 fully saturated rings. The third-order valence-electron chi connectivity index (χ3n) is 5.77. The summed E-state index contributed by atoms with van der Waals surface area (Å²) in [6.07, 6.45) is 3.07. The minimum absolute atomic E-state index is 0.00239. The standard InChI is InChI=1S/C24H41N5O2/c1-24(2,13-16-31-5)19-26-23(25-17-22(30)28(3)4)27-21-11-14-29(15-12-21)18-20-9-7-6-8-10-20/h6-10,21H,11-19H2,1-5H3,(H2,25,26,27). The zero-order valence-corrected chi connectivity index (χ0v) is 20.0. The number of nitrogens with zero attached hydrogens (tertiary/aromatic N) is 3. The van der Waals surface area contributed by atoms with Crippen molar-refractivity contribution in [3.63, 3.8) is 0 Å². The first kappa shape index (κ1) is 25.1. The zero-order valence-electron chi connectivity index (χ0n) is 20.0. The van der Waals surface area contributed by atoms with E-state index in [1.807, 2.05) is 0 Å². The Hall–Kier alpha value is -2.12. The highest BCUT2D eigenvalue weighted by atomic mass is 16.5. The molecule has 1 amide bonds. The van der Waals surface area contributed by atoms with Crippen LogP contribution in [-0.4, -0.2) is 81.7 Å². The Kier molecular flexibility index (Phi) is 10.3. The summed E-state index contributed by atoms with van der Waals surface area (Å²) in [6.45, 7) is 9.17. The van der Waals surface area contributed by atoms with Gasteiger partial charge in [-0.1, -0.05) is 44.2 Å². The fourth-order valence-corrected chi connectivity index (χ4v) is 3.50. The van der Waals surface area contributed by atoms with Gasteiger partial charge in [0.25, 0.3) is 0 Å². The number of likely N-dealkylation sites (tertiary alicyclic amines) is 1. The first-order chi connectivity index (χ1) is 14.8. The second kappa shape index (κ2) is 12.7. The molecule has 174 valence electrons. The Balaban J connectivity index is 1.89. The predicted molar refractivity (Wildman–Crippen MR) is 127 cm³/mol. The van der Waals surface area contributed by atoms with Crippen LogP contribution in [0.2, 0.25) is 0 Å². The molecule has 0 aromatic heterocycles. The number of hydrogen-bond acceptors (Lipinski definition) is 4. The van der Waals surface area contributed by atoms with Crippen molar-refractivity contribution in [2.24, 2.45) is 10.4 Å². The van der Waals surface area contributed by atoms with Crippen molar-refractivity contribution in [2.75, 3.05) is 54.0 Å². The molecular weight excluding hydrogens is 390 g/mol. The van der Waals surface area contributed by atoms with Crippen molar-refractivity contribution in [1.29, 1.82) is 0 Å². The molecule has 0 saturated carbocycles. The molecular formula is C24H41N5O2. The molecule has 7 heteroatoms. The van der Waals surface area contributed by atoms with Gasteiger partial charge in [-0.25, -0.2) is 4.99 Å². The summed E-state index contributed by atoms with van der Waals surface area (Å²) in [6, 6.07) is 11.0. The number of carbonyl (C=O) groups is 1. The van der Waals surface area contributed by atoms with Crippen molar-refractivity contribution in [3.05, 3.63) is 35.9 Å². The van der Waals surface area contributed by atoms with Crippen molar-refractivity contribution in [2.45, 2.75) is 45.7 Å². The molecule has 0 bridgehead atoms. The molecule has 1 aromatic carbocycles. The molecule has 7 nitrogen and oxygen atoms in total. The van der Waals surface area contributed by atoms with Gasteiger partial charge in [0.1, 0.15) is 6.54 Å². The van der Waals surface area contributed by atoms with Gasteiger partial charge < -0.3 is 20.3 Å². The first-order valence-electron chi connectivity index (χ1n) is 11.3. The van der Waals surface area contributed by atoms with E-state index in [9.17, 15) is 4.79 Å². The van der Waals surface area contributed by atoms with Crippen LogP contribution < -0.4 is 10.6 Å². The predicted octanol–water partition coefficient (Wildman–Crippen LogP) is 2.34. The molecule has 0 spiro atoms. The Bertz CT molecular complexity index is 682. The van der Waals surface area contributed by atoms with Crippen LogP contribution in [0.1, 0.15) is 38.7 Å². The molecule has 0 aliphatic carbocycles. The molecule has 1 aliphatic rings.